The van der Waals surface area contributed by atoms with Gasteiger partial charge in [-0.25, -0.2) is 4.79 Å². The molecule has 0 bridgehead atoms. The van der Waals surface area contributed by atoms with E-state index in [0.717, 1.165) is 11.7 Å². The van der Waals surface area contributed by atoms with Gasteiger partial charge in [-0.15, -0.1) is 0 Å². The summed E-state index contributed by atoms with van der Waals surface area (Å²) in [7, 11) is 1.51. The van der Waals surface area contributed by atoms with Crippen molar-refractivity contribution in [2.45, 2.75) is 18.9 Å². The summed E-state index contributed by atoms with van der Waals surface area (Å²) in [6.07, 6.45) is 2.10. The molecule has 0 spiro atoms. The van der Waals surface area contributed by atoms with Gasteiger partial charge in [-0.1, -0.05) is 0 Å². The lowest BCUT2D eigenvalue weighted by atomic mass is 10.4. The van der Waals surface area contributed by atoms with Gasteiger partial charge in [0.05, 0.1) is 12.7 Å². The van der Waals surface area contributed by atoms with Crippen LogP contribution in [0.2, 0.25) is 0 Å². The molecule has 1 fully saturated rings. The predicted octanol–water partition coefficient (Wildman–Crippen LogP) is 0.436. The van der Waals surface area contributed by atoms with E-state index in [0.29, 0.717) is 6.54 Å². The number of urea groups is 1. The van der Waals surface area contributed by atoms with Gasteiger partial charge in [0.15, 0.2) is 0 Å². The van der Waals surface area contributed by atoms with E-state index in [4.69, 9.17) is 4.74 Å². The molecule has 5 nitrogen and oxygen atoms in total. The maximum atomic E-state index is 11.3. The summed E-state index contributed by atoms with van der Waals surface area (Å²) in [6, 6.07) is -0.229. The summed E-state index contributed by atoms with van der Waals surface area (Å²) >= 11 is 1.89. The average Bonchev–Trinajstić information content (AvgIpc) is 3.10. The predicted molar refractivity (Wildman–Crippen MR) is 69.3 cm³/mol. The van der Waals surface area contributed by atoms with Crippen LogP contribution < -0.4 is 10.6 Å². The number of ether oxygens (including phenoxy) is 1. The first kappa shape index (κ1) is 14.6. The van der Waals surface area contributed by atoms with E-state index in [2.05, 4.69) is 10.6 Å². The topological polar surface area (TPSA) is 70.6 Å². The molecule has 0 aromatic heterocycles. The van der Waals surface area contributed by atoms with E-state index in [1.165, 1.54) is 25.7 Å². The smallest absolute Gasteiger partial charge is 0.314 e. The second-order valence-electron chi connectivity index (χ2n) is 4.26. The van der Waals surface area contributed by atoms with Gasteiger partial charge in [-0.2, -0.15) is 11.8 Å². The second kappa shape index (κ2) is 8.60. The van der Waals surface area contributed by atoms with Crippen LogP contribution in [0.1, 0.15) is 12.8 Å². The van der Waals surface area contributed by atoms with Crippen molar-refractivity contribution in [2.24, 2.45) is 5.92 Å². The van der Waals surface area contributed by atoms with Gasteiger partial charge < -0.3 is 20.5 Å². The molecular formula is C11H22N2O3S. The number of nitrogens with one attached hydrogen (secondary N) is 2. The zero-order valence-corrected chi connectivity index (χ0v) is 11.1. The third-order valence-corrected chi connectivity index (χ3v) is 3.64. The molecule has 0 heterocycles. The number of amides is 2. The molecule has 0 aromatic carbocycles. The molecule has 1 rings (SSSR count). The van der Waals surface area contributed by atoms with Crippen LogP contribution in [-0.4, -0.2) is 55.6 Å². The highest BCUT2D eigenvalue weighted by Crippen LogP contribution is 2.32. The minimum Gasteiger partial charge on any atom is -0.389 e. The largest absolute Gasteiger partial charge is 0.389 e. The number of aliphatic hydroxyl groups excluding tert-OH is 1. The zero-order chi connectivity index (χ0) is 12.5. The molecule has 2 amide bonds. The molecule has 1 aliphatic rings. The summed E-state index contributed by atoms with van der Waals surface area (Å²) in [5.41, 5.74) is 0. The number of hydrogen-bond donors (Lipinski definition) is 3. The highest BCUT2D eigenvalue weighted by molar-refractivity contribution is 7.99. The fourth-order valence-electron chi connectivity index (χ4n) is 1.30. The number of carbonyl (C=O) groups excluding carboxylic acids is 1. The van der Waals surface area contributed by atoms with Crippen LogP contribution >= 0.6 is 11.8 Å². The summed E-state index contributed by atoms with van der Waals surface area (Å²) in [5, 5.41) is 14.6. The summed E-state index contributed by atoms with van der Waals surface area (Å²) in [5.74, 6) is 3.10. The minimum atomic E-state index is -0.644. The Morgan fingerprint density at radius 3 is 2.94 bits per heavy atom. The second-order valence-corrected chi connectivity index (χ2v) is 5.41. The van der Waals surface area contributed by atoms with E-state index in [1.807, 2.05) is 11.8 Å². The Hall–Kier alpha value is -0.460. The molecule has 6 heteroatoms. The van der Waals surface area contributed by atoms with Crippen molar-refractivity contribution in [1.29, 1.82) is 0 Å². The number of hydrogen-bond acceptors (Lipinski definition) is 4. The number of carbonyl (C=O) groups is 1. The van der Waals surface area contributed by atoms with Gasteiger partial charge in [0.1, 0.15) is 0 Å². The van der Waals surface area contributed by atoms with Crippen molar-refractivity contribution in [3.8, 4) is 0 Å². The Kier molecular flexibility index (Phi) is 7.39. The molecule has 1 saturated carbocycles. The van der Waals surface area contributed by atoms with E-state index in [-0.39, 0.29) is 19.2 Å². The van der Waals surface area contributed by atoms with Gasteiger partial charge in [-0.05, 0) is 24.5 Å². The monoisotopic (exact) mass is 262 g/mol. The molecule has 0 aliphatic heterocycles. The Balaban J connectivity index is 1.85. The SMILES string of the molecule is COC[C@H](O)CNC(=O)NCCSCC1CC1. The van der Waals surface area contributed by atoms with Crippen molar-refractivity contribution in [1.82, 2.24) is 10.6 Å². The highest BCUT2D eigenvalue weighted by Gasteiger charge is 2.20. The Morgan fingerprint density at radius 1 is 1.53 bits per heavy atom. The van der Waals surface area contributed by atoms with Crippen molar-refractivity contribution >= 4 is 17.8 Å². The van der Waals surface area contributed by atoms with Crippen LogP contribution in [0.3, 0.4) is 0 Å². The fraction of sp³-hybridized carbons (Fsp3) is 0.909. The molecule has 0 saturated heterocycles. The number of methoxy groups -OCH3 is 1. The van der Waals surface area contributed by atoms with Crippen LogP contribution in [0.15, 0.2) is 0 Å². The number of aliphatic hydroxyl groups is 1. The van der Waals surface area contributed by atoms with Gasteiger partial charge in [0, 0.05) is 26.0 Å². The Labute approximate surface area is 107 Å². The summed E-state index contributed by atoms with van der Waals surface area (Å²) < 4.78 is 4.75. The van der Waals surface area contributed by atoms with Crippen LogP contribution in [0.4, 0.5) is 4.79 Å². The molecule has 1 aliphatic carbocycles. The molecule has 0 radical (unpaired) electrons. The molecule has 3 N–H and O–H groups in total. The normalized spacial score (nSPS) is 16.6. The Bertz CT molecular complexity index is 225. The quantitative estimate of drug-likeness (QED) is 0.527. The van der Waals surface area contributed by atoms with Crippen molar-refractivity contribution in [3.05, 3.63) is 0 Å². The first-order valence-electron chi connectivity index (χ1n) is 5.98. The van der Waals surface area contributed by atoms with Gasteiger partial charge in [0.2, 0.25) is 0 Å². The van der Waals surface area contributed by atoms with E-state index >= 15 is 0 Å². The maximum absolute atomic E-state index is 11.3. The van der Waals surface area contributed by atoms with Crippen LogP contribution in [0, 0.1) is 5.92 Å². The zero-order valence-electron chi connectivity index (χ0n) is 10.3. The average molecular weight is 262 g/mol. The van der Waals surface area contributed by atoms with E-state index in [1.54, 1.807) is 0 Å². The molecule has 100 valence electrons. The summed E-state index contributed by atoms with van der Waals surface area (Å²) in [6.45, 7) is 1.12. The van der Waals surface area contributed by atoms with Gasteiger partial charge in [-0.3, -0.25) is 0 Å². The van der Waals surface area contributed by atoms with Crippen LogP contribution in [0.25, 0.3) is 0 Å². The lowest BCUT2D eigenvalue weighted by Crippen LogP contribution is -2.41. The first-order chi connectivity index (χ1) is 8.22. The summed E-state index contributed by atoms with van der Waals surface area (Å²) in [4.78, 5) is 11.3. The number of thioether (sulfide) groups is 1. The lowest BCUT2D eigenvalue weighted by molar-refractivity contribution is 0.0660. The van der Waals surface area contributed by atoms with Gasteiger partial charge >= 0.3 is 6.03 Å². The maximum Gasteiger partial charge on any atom is 0.314 e. The molecular weight excluding hydrogens is 240 g/mol. The van der Waals surface area contributed by atoms with E-state index < -0.39 is 6.10 Å². The third-order valence-electron chi connectivity index (χ3n) is 2.44. The van der Waals surface area contributed by atoms with E-state index in [9.17, 15) is 9.90 Å². The molecule has 0 unspecified atom stereocenters. The van der Waals surface area contributed by atoms with Crippen LogP contribution in [0.5, 0.6) is 0 Å². The fourth-order valence-corrected chi connectivity index (χ4v) is 2.38. The highest BCUT2D eigenvalue weighted by atomic mass is 32.2. The molecule has 17 heavy (non-hydrogen) atoms. The molecule has 0 aromatic rings. The third kappa shape index (κ3) is 8.29. The minimum absolute atomic E-state index is 0.217. The number of rotatable bonds is 9. The van der Waals surface area contributed by atoms with Crippen molar-refractivity contribution in [2.75, 3.05) is 38.3 Å². The Morgan fingerprint density at radius 2 is 2.29 bits per heavy atom. The first-order valence-corrected chi connectivity index (χ1v) is 7.14. The molecule has 1 atom stereocenters. The standard InChI is InChI=1S/C11H22N2O3S/c1-16-7-10(14)6-13-11(15)12-4-5-17-8-9-2-3-9/h9-10,14H,2-8H2,1H3,(H2,12,13,15)/t10-/m1/s1. The van der Waals surface area contributed by atoms with Gasteiger partial charge in [0.25, 0.3) is 0 Å². The lowest BCUT2D eigenvalue weighted by Gasteiger charge is -2.11. The van der Waals surface area contributed by atoms with Crippen molar-refractivity contribution < 1.29 is 14.6 Å². The van der Waals surface area contributed by atoms with Crippen LogP contribution in [-0.2, 0) is 4.74 Å². The van der Waals surface area contributed by atoms with Crippen molar-refractivity contribution in [3.63, 3.8) is 0 Å².